The Bertz CT molecular complexity index is 291. The summed E-state index contributed by atoms with van der Waals surface area (Å²) in [5, 5.41) is 8.71. The Labute approximate surface area is 101 Å². The van der Waals surface area contributed by atoms with E-state index in [4.69, 9.17) is 9.84 Å². The van der Waals surface area contributed by atoms with E-state index in [0.29, 0.717) is 19.7 Å². The number of carbonyl (C=O) groups excluding carboxylic acids is 1. The summed E-state index contributed by atoms with van der Waals surface area (Å²) in [5.41, 5.74) is 0. The molecule has 2 fully saturated rings. The van der Waals surface area contributed by atoms with E-state index < -0.39 is 5.97 Å². The molecule has 1 atom stereocenters. The van der Waals surface area contributed by atoms with Crippen LogP contribution < -0.4 is 0 Å². The van der Waals surface area contributed by atoms with E-state index in [9.17, 15) is 9.59 Å². The van der Waals surface area contributed by atoms with Gasteiger partial charge in [-0.15, -0.1) is 0 Å². The summed E-state index contributed by atoms with van der Waals surface area (Å²) >= 11 is 0. The second-order valence-electron chi connectivity index (χ2n) is 4.87. The van der Waals surface area contributed by atoms with Crippen molar-refractivity contribution >= 4 is 11.9 Å². The molecule has 2 saturated heterocycles. The molecule has 2 rings (SSSR count). The van der Waals surface area contributed by atoms with Crippen molar-refractivity contribution in [1.29, 1.82) is 0 Å². The Morgan fingerprint density at radius 3 is 2.47 bits per heavy atom. The Hall–Kier alpha value is -1.10. The van der Waals surface area contributed by atoms with Crippen LogP contribution in [0.3, 0.4) is 0 Å². The fourth-order valence-electron chi connectivity index (χ4n) is 2.58. The lowest BCUT2D eigenvalue weighted by Crippen LogP contribution is -2.43. The number of aliphatic carboxylic acids is 1. The van der Waals surface area contributed by atoms with E-state index in [1.54, 1.807) is 0 Å². The van der Waals surface area contributed by atoms with Crippen molar-refractivity contribution < 1.29 is 19.4 Å². The molecule has 0 saturated carbocycles. The molecule has 2 heterocycles. The summed E-state index contributed by atoms with van der Waals surface area (Å²) in [6.45, 7) is 2.04. The molecule has 0 radical (unpaired) electrons. The van der Waals surface area contributed by atoms with Gasteiger partial charge in [-0.1, -0.05) is 0 Å². The first-order valence-corrected chi connectivity index (χ1v) is 6.29. The van der Waals surface area contributed by atoms with Crippen LogP contribution in [-0.4, -0.2) is 47.7 Å². The SMILES string of the molecule is O=C(O)CC1CCN(C(=O)[C@@H]2CCCO2)CC1. The quantitative estimate of drug-likeness (QED) is 0.796. The highest BCUT2D eigenvalue weighted by molar-refractivity contribution is 5.81. The number of hydrogen-bond acceptors (Lipinski definition) is 3. The van der Waals surface area contributed by atoms with Gasteiger partial charge in [-0.3, -0.25) is 9.59 Å². The zero-order valence-electron chi connectivity index (χ0n) is 9.93. The van der Waals surface area contributed by atoms with Gasteiger partial charge in [-0.05, 0) is 31.6 Å². The molecule has 0 spiro atoms. The van der Waals surface area contributed by atoms with Gasteiger partial charge >= 0.3 is 5.97 Å². The molecule has 2 aliphatic rings. The Morgan fingerprint density at radius 2 is 1.94 bits per heavy atom. The molecule has 5 heteroatoms. The summed E-state index contributed by atoms with van der Waals surface area (Å²) in [4.78, 5) is 24.4. The van der Waals surface area contributed by atoms with Gasteiger partial charge in [0.25, 0.3) is 5.91 Å². The number of hydrogen-bond donors (Lipinski definition) is 1. The third-order valence-corrected chi connectivity index (χ3v) is 3.59. The minimum atomic E-state index is -0.742. The molecule has 17 heavy (non-hydrogen) atoms. The van der Waals surface area contributed by atoms with E-state index in [2.05, 4.69) is 0 Å². The zero-order chi connectivity index (χ0) is 12.3. The third-order valence-electron chi connectivity index (χ3n) is 3.59. The lowest BCUT2D eigenvalue weighted by Gasteiger charge is -2.32. The van der Waals surface area contributed by atoms with E-state index in [1.165, 1.54) is 0 Å². The van der Waals surface area contributed by atoms with Crippen LogP contribution in [0.25, 0.3) is 0 Å². The number of amides is 1. The highest BCUT2D eigenvalue weighted by Crippen LogP contribution is 2.23. The van der Waals surface area contributed by atoms with E-state index in [0.717, 1.165) is 25.7 Å². The average molecular weight is 241 g/mol. The number of carboxylic acids is 1. The number of rotatable bonds is 3. The Kier molecular flexibility index (Phi) is 3.99. The number of carbonyl (C=O) groups is 2. The Balaban J connectivity index is 1.78. The van der Waals surface area contributed by atoms with Crippen molar-refractivity contribution in [2.24, 2.45) is 5.92 Å². The first-order chi connectivity index (χ1) is 8.16. The summed E-state index contributed by atoms with van der Waals surface area (Å²) in [5.74, 6) is -0.425. The smallest absolute Gasteiger partial charge is 0.303 e. The van der Waals surface area contributed by atoms with Crippen molar-refractivity contribution in [3.63, 3.8) is 0 Å². The summed E-state index contributed by atoms with van der Waals surface area (Å²) in [7, 11) is 0. The van der Waals surface area contributed by atoms with Crippen LogP contribution in [0.4, 0.5) is 0 Å². The van der Waals surface area contributed by atoms with E-state index in [1.807, 2.05) is 4.90 Å². The normalized spacial score (nSPS) is 26.1. The van der Waals surface area contributed by atoms with Crippen molar-refractivity contribution in [3.8, 4) is 0 Å². The second kappa shape index (κ2) is 5.49. The number of ether oxygens (including phenoxy) is 1. The number of piperidine rings is 1. The van der Waals surface area contributed by atoms with Gasteiger partial charge in [0.05, 0.1) is 0 Å². The largest absolute Gasteiger partial charge is 0.481 e. The topological polar surface area (TPSA) is 66.8 Å². The maximum atomic E-state index is 12.0. The number of likely N-dealkylation sites (tertiary alicyclic amines) is 1. The van der Waals surface area contributed by atoms with Crippen molar-refractivity contribution in [1.82, 2.24) is 4.90 Å². The van der Waals surface area contributed by atoms with Crippen molar-refractivity contribution in [3.05, 3.63) is 0 Å². The standard InChI is InChI=1S/C12H19NO4/c14-11(15)8-9-3-5-13(6-4-9)12(16)10-2-1-7-17-10/h9-10H,1-8H2,(H,14,15)/t10-/m0/s1. The number of carboxylic acid groups (broad SMARTS) is 1. The Morgan fingerprint density at radius 1 is 1.24 bits per heavy atom. The van der Waals surface area contributed by atoms with E-state index >= 15 is 0 Å². The van der Waals surface area contributed by atoms with Crippen LogP contribution in [0.15, 0.2) is 0 Å². The highest BCUT2D eigenvalue weighted by Gasteiger charge is 2.31. The molecular weight excluding hydrogens is 222 g/mol. The van der Waals surface area contributed by atoms with Crippen LogP contribution in [-0.2, 0) is 14.3 Å². The molecule has 0 aliphatic carbocycles. The van der Waals surface area contributed by atoms with Crippen molar-refractivity contribution in [2.75, 3.05) is 19.7 Å². The van der Waals surface area contributed by atoms with Crippen LogP contribution in [0.5, 0.6) is 0 Å². The maximum absolute atomic E-state index is 12.0. The molecule has 2 aliphatic heterocycles. The van der Waals surface area contributed by atoms with Gasteiger partial charge < -0.3 is 14.7 Å². The molecular formula is C12H19NO4. The van der Waals surface area contributed by atoms with Crippen LogP contribution >= 0.6 is 0 Å². The number of nitrogens with zero attached hydrogens (tertiary/aromatic N) is 1. The molecule has 0 aromatic heterocycles. The molecule has 0 aromatic rings. The first-order valence-electron chi connectivity index (χ1n) is 6.29. The predicted molar refractivity (Wildman–Crippen MR) is 60.5 cm³/mol. The monoisotopic (exact) mass is 241 g/mol. The van der Waals surface area contributed by atoms with Gasteiger partial charge in [-0.2, -0.15) is 0 Å². The molecule has 5 nitrogen and oxygen atoms in total. The summed E-state index contributed by atoms with van der Waals surface area (Å²) in [6.07, 6.45) is 3.36. The van der Waals surface area contributed by atoms with Gasteiger partial charge in [-0.25, -0.2) is 0 Å². The minimum absolute atomic E-state index is 0.0938. The van der Waals surface area contributed by atoms with Crippen LogP contribution in [0, 0.1) is 5.92 Å². The fourth-order valence-corrected chi connectivity index (χ4v) is 2.58. The second-order valence-corrected chi connectivity index (χ2v) is 4.87. The summed E-state index contributed by atoms with van der Waals surface area (Å²) in [6, 6.07) is 0. The molecule has 96 valence electrons. The molecule has 0 unspecified atom stereocenters. The lowest BCUT2D eigenvalue weighted by atomic mass is 9.93. The maximum Gasteiger partial charge on any atom is 0.303 e. The summed E-state index contributed by atoms with van der Waals surface area (Å²) < 4.78 is 5.37. The predicted octanol–water partition coefficient (Wildman–Crippen LogP) is 0.879. The third kappa shape index (κ3) is 3.19. The fraction of sp³-hybridized carbons (Fsp3) is 0.833. The molecule has 1 amide bonds. The van der Waals surface area contributed by atoms with Crippen LogP contribution in [0.2, 0.25) is 0 Å². The zero-order valence-corrected chi connectivity index (χ0v) is 9.93. The first kappa shape index (κ1) is 12.4. The highest BCUT2D eigenvalue weighted by atomic mass is 16.5. The van der Waals surface area contributed by atoms with Gasteiger partial charge in [0, 0.05) is 26.1 Å². The average Bonchev–Trinajstić information content (AvgIpc) is 2.82. The van der Waals surface area contributed by atoms with Crippen molar-refractivity contribution in [2.45, 2.75) is 38.2 Å². The molecule has 0 aromatic carbocycles. The minimum Gasteiger partial charge on any atom is -0.481 e. The molecule has 0 bridgehead atoms. The van der Waals surface area contributed by atoms with Crippen LogP contribution in [0.1, 0.15) is 32.1 Å². The molecule has 1 N–H and O–H groups in total. The van der Waals surface area contributed by atoms with Gasteiger partial charge in [0.2, 0.25) is 0 Å². The van der Waals surface area contributed by atoms with Gasteiger partial charge in [0.15, 0.2) is 0 Å². The van der Waals surface area contributed by atoms with Gasteiger partial charge in [0.1, 0.15) is 6.10 Å². The van der Waals surface area contributed by atoms with E-state index in [-0.39, 0.29) is 24.3 Å². The lowest BCUT2D eigenvalue weighted by molar-refractivity contribution is -0.143.